The Morgan fingerprint density at radius 2 is 2.16 bits per heavy atom. The molecule has 6 rings (SSSR count). The van der Waals surface area contributed by atoms with Gasteiger partial charge in [-0.1, -0.05) is 12.1 Å². The average molecular weight is 515 g/mol. The molecule has 1 amide bonds. The fourth-order valence-corrected chi connectivity index (χ4v) is 4.83. The standard InChI is InChI=1S/C27H27FN8O2/c1-17-23(34-27(37)38-22-6-3-9-29-13-22)15-36-25(17)26(30-16-32-36)33-21-7-8-24-19(11-21)12-31-35(24)14-18-4-2-5-20(28)10-18/h2,4-5,7-8,10-12,15-16,22,29H,3,6,9,13-14H2,1H3,(H,34,37)(H,30,32,33)/t22-/m0/s1. The Hall–Kier alpha value is -4.51. The summed E-state index contributed by atoms with van der Waals surface area (Å²) in [6.45, 7) is 3.99. The first-order valence-corrected chi connectivity index (χ1v) is 12.5. The number of anilines is 3. The Kier molecular flexibility index (Phi) is 6.34. The number of amides is 1. The summed E-state index contributed by atoms with van der Waals surface area (Å²) in [6.07, 6.45) is 6.21. The van der Waals surface area contributed by atoms with E-state index in [-0.39, 0.29) is 11.9 Å². The molecule has 0 radical (unpaired) electrons. The van der Waals surface area contributed by atoms with E-state index in [1.807, 2.05) is 35.9 Å². The number of rotatable bonds is 6. The highest BCUT2D eigenvalue weighted by molar-refractivity contribution is 5.91. The van der Waals surface area contributed by atoms with E-state index >= 15 is 0 Å². The summed E-state index contributed by atoms with van der Waals surface area (Å²) >= 11 is 0. The van der Waals surface area contributed by atoms with Crippen LogP contribution in [0.5, 0.6) is 0 Å². The van der Waals surface area contributed by atoms with Crippen LogP contribution in [0.1, 0.15) is 24.0 Å². The molecule has 0 unspecified atom stereocenters. The largest absolute Gasteiger partial charge is 0.445 e. The maximum atomic E-state index is 13.6. The van der Waals surface area contributed by atoms with Crippen molar-refractivity contribution in [2.45, 2.75) is 32.4 Å². The topological polar surface area (TPSA) is 110 Å². The van der Waals surface area contributed by atoms with Crippen LogP contribution in [0.2, 0.25) is 0 Å². The van der Waals surface area contributed by atoms with Gasteiger partial charge in [-0.2, -0.15) is 10.2 Å². The number of aromatic nitrogens is 5. The first-order valence-electron chi connectivity index (χ1n) is 12.5. The van der Waals surface area contributed by atoms with Crippen LogP contribution in [-0.4, -0.2) is 49.7 Å². The third-order valence-corrected chi connectivity index (χ3v) is 6.71. The zero-order chi connectivity index (χ0) is 26.1. The van der Waals surface area contributed by atoms with E-state index in [0.29, 0.717) is 24.6 Å². The van der Waals surface area contributed by atoms with Gasteiger partial charge < -0.3 is 15.4 Å². The number of fused-ring (bicyclic) bond motifs is 2. The zero-order valence-corrected chi connectivity index (χ0v) is 20.8. The maximum absolute atomic E-state index is 13.6. The molecule has 4 heterocycles. The quantitative estimate of drug-likeness (QED) is 0.303. The van der Waals surface area contributed by atoms with Gasteiger partial charge in [-0.15, -0.1) is 0 Å². The summed E-state index contributed by atoms with van der Waals surface area (Å²) in [7, 11) is 0. The molecule has 3 N–H and O–H groups in total. The molecule has 0 bridgehead atoms. The molecule has 1 fully saturated rings. The van der Waals surface area contributed by atoms with Gasteiger partial charge >= 0.3 is 6.09 Å². The van der Waals surface area contributed by atoms with E-state index in [9.17, 15) is 9.18 Å². The van der Waals surface area contributed by atoms with Gasteiger partial charge in [0.1, 0.15) is 23.8 Å². The van der Waals surface area contributed by atoms with Crippen LogP contribution < -0.4 is 16.0 Å². The van der Waals surface area contributed by atoms with Gasteiger partial charge in [0.25, 0.3) is 0 Å². The molecule has 0 spiro atoms. The van der Waals surface area contributed by atoms with Crippen LogP contribution in [0, 0.1) is 12.7 Å². The molecule has 5 aromatic rings. The summed E-state index contributed by atoms with van der Waals surface area (Å²) in [5, 5.41) is 19.2. The number of carbonyl (C=O) groups is 1. The minimum atomic E-state index is -0.485. The monoisotopic (exact) mass is 514 g/mol. The number of carbonyl (C=O) groups excluding carboxylic acids is 1. The molecule has 0 saturated carbocycles. The fourth-order valence-electron chi connectivity index (χ4n) is 4.83. The second-order valence-electron chi connectivity index (χ2n) is 9.40. The lowest BCUT2D eigenvalue weighted by Gasteiger charge is -2.22. The van der Waals surface area contributed by atoms with E-state index in [1.54, 1.807) is 23.0 Å². The summed E-state index contributed by atoms with van der Waals surface area (Å²) in [4.78, 5) is 16.9. The SMILES string of the molecule is Cc1c(NC(=O)O[C@H]2CCCNC2)cn2ncnc(Nc3ccc4c(cnn4Cc4cccc(F)c4)c3)c12. The van der Waals surface area contributed by atoms with Crippen LogP contribution in [0.25, 0.3) is 16.4 Å². The Morgan fingerprint density at radius 1 is 1.24 bits per heavy atom. The molecule has 38 heavy (non-hydrogen) atoms. The smallest absolute Gasteiger partial charge is 0.412 e. The number of hydrogen-bond acceptors (Lipinski definition) is 7. The van der Waals surface area contributed by atoms with Gasteiger partial charge in [0.05, 0.1) is 30.1 Å². The fraction of sp³-hybridized carbons (Fsp3) is 0.259. The highest BCUT2D eigenvalue weighted by Gasteiger charge is 2.20. The average Bonchev–Trinajstić information content (AvgIpc) is 3.45. The minimum Gasteiger partial charge on any atom is -0.445 e. The second kappa shape index (κ2) is 10.1. The second-order valence-corrected chi connectivity index (χ2v) is 9.40. The third-order valence-electron chi connectivity index (χ3n) is 6.71. The number of benzene rings is 2. The number of hydrogen-bond donors (Lipinski definition) is 3. The summed E-state index contributed by atoms with van der Waals surface area (Å²) < 4.78 is 22.7. The van der Waals surface area contributed by atoms with Crippen LogP contribution in [0.4, 0.5) is 26.4 Å². The minimum absolute atomic E-state index is 0.133. The number of nitrogens with zero attached hydrogens (tertiary/aromatic N) is 5. The summed E-state index contributed by atoms with van der Waals surface area (Å²) in [6, 6.07) is 12.4. The first-order chi connectivity index (χ1) is 18.5. The lowest BCUT2D eigenvalue weighted by atomic mass is 10.1. The number of ether oxygens (including phenoxy) is 1. The Morgan fingerprint density at radius 3 is 3.00 bits per heavy atom. The highest BCUT2D eigenvalue weighted by Crippen LogP contribution is 2.29. The Bertz CT molecular complexity index is 1620. The van der Waals surface area contributed by atoms with Gasteiger partial charge in [0.15, 0.2) is 5.82 Å². The van der Waals surface area contributed by atoms with E-state index in [4.69, 9.17) is 4.74 Å². The molecule has 1 saturated heterocycles. The molecular formula is C27H27FN8O2. The lowest BCUT2D eigenvalue weighted by Crippen LogP contribution is -2.37. The van der Waals surface area contributed by atoms with Gasteiger partial charge in [0.2, 0.25) is 0 Å². The van der Waals surface area contributed by atoms with Crippen molar-refractivity contribution in [1.82, 2.24) is 29.7 Å². The Labute approximate surface area is 217 Å². The normalized spacial score (nSPS) is 15.6. The molecule has 1 atom stereocenters. The van der Waals surface area contributed by atoms with Crippen LogP contribution in [0.15, 0.2) is 61.2 Å². The van der Waals surface area contributed by atoms with Crippen molar-refractivity contribution >= 4 is 39.7 Å². The van der Waals surface area contributed by atoms with Crippen molar-refractivity contribution in [1.29, 1.82) is 0 Å². The molecule has 1 aliphatic rings. The molecule has 3 aromatic heterocycles. The predicted molar refractivity (Wildman–Crippen MR) is 142 cm³/mol. The molecule has 1 aliphatic heterocycles. The van der Waals surface area contributed by atoms with E-state index in [2.05, 4.69) is 31.1 Å². The predicted octanol–water partition coefficient (Wildman–Crippen LogP) is 4.62. The molecule has 10 nitrogen and oxygen atoms in total. The van der Waals surface area contributed by atoms with Crippen LogP contribution in [0.3, 0.4) is 0 Å². The summed E-state index contributed by atoms with van der Waals surface area (Å²) in [5.74, 6) is 0.334. The number of halogens is 1. The Balaban J connectivity index is 1.21. The van der Waals surface area contributed by atoms with Crippen molar-refractivity contribution in [2.24, 2.45) is 0 Å². The van der Waals surface area contributed by atoms with E-state index in [0.717, 1.165) is 52.6 Å². The van der Waals surface area contributed by atoms with Crippen LogP contribution in [-0.2, 0) is 11.3 Å². The summed E-state index contributed by atoms with van der Waals surface area (Å²) in [5.41, 5.74) is 4.76. The number of aryl methyl sites for hydroxylation is 1. The van der Waals surface area contributed by atoms with E-state index in [1.165, 1.54) is 18.5 Å². The van der Waals surface area contributed by atoms with Crippen molar-refractivity contribution in [3.8, 4) is 0 Å². The van der Waals surface area contributed by atoms with Crippen molar-refractivity contribution < 1.29 is 13.9 Å². The van der Waals surface area contributed by atoms with Crippen LogP contribution >= 0.6 is 0 Å². The van der Waals surface area contributed by atoms with Crippen molar-refractivity contribution in [2.75, 3.05) is 23.7 Å². The third kappa shape index (κ3) is 4.88. The molecule has 194 valence electrons. The highest BCUT2D eigenvalue weighted by atomic mass is 19.1. The van der Waals surface area contributed by atoms with Gasteiger partial charge in [0, 0.05) is 23.2 Å². The molecule has 11 heteroatoms. The van der Waals surface area contributed by atoms with E-state index < -0.39 is 6.09 Å². The van der Waals surface area contributed by atoms with Gasteiger partial charge in [-0.05, 0) is 62.2 Å². The maximum Gasteiger partial charge on any atom is 0.412 e. The van der Waals surface area contributed by atoms with Gasteiger partial charge in [-0.3, -0.25) is 10.00 Å². The molecule has 2 aromatic carbocycles. The first kappa shape index (κ1) is 23.9. The van der Waals surface area contributed by atoms with Crippen molar-refractivity contribution in [3.63, 3.8) is 0 Å². The van der Waals surface area contributed by atoms with Gasteiger partial charge in [-0.25, -0.2) is 18.7 Å². The molecular weight excluding hydrogens is 487 g/mol. The molecule has 0 aliphatic carbocycles. The van der Waals surface area contributed by atoms with Crippen molar-refractivity contribution in [3.05, 3.63) is 78.1 Å². The number of piperidine rings is 1. The zero-order valence-electron chi connectivity index (χ0n) is 20.8. The lowest BCUT2D eigenvalue weighted by molar-refractivity contribution is 0.0941. The number of nitrogens with one attached hydrogen (secondary N) is 3.